The third-order valence-electron chi connectivity index (χ3n) is 5.17. The summed E-state index contributed by atoms with van der Waals surface area (Å²) in [7, 11) is 0. The molecule has 5 nitrogen and oxygen atoms in total. The molecule has 0 saturated heterocycles. The molecule has 2 fully saturated rings. The third kappa shape index (κ3) is 2.35. The molecule has 0 aromatic carbocycles. The number of aliphatic carboxylic acids is 1. The van der Waals surface area contributed by atoms with Gasteiger partial charge in [-0.05, 0) is 43.9 Å². The summed E-state index contributed by atoms with van der Waals surface area (Å²) in [6.45, 7) is 0. The van der Waals surface area contributed by atoms with Gasteiger partial charge >= 0.3 is 5.97 Å². The van der Waals surface area contributed by atoms with Gasteiger partial charge < -0.3 is 16.2 Å². The fourth-order valence-electron chi connectivity index (χ4n) is 4.08. The highest BCUT2D eigenvalue weighted by Crippen LogP contribution is 2.48. The Labute approximate surface area is 118 Å². The Hall–Kier alpha value is -1.36. The molecule has 3 rings (SSSR count). The molecule has 3 aliphatic carbocycles. The van der Waals surface area contributed by atoms with Crippen LogP contribution < -0.4 is 11.1 Å². The Morgan fingerprint density at radius 1 is 1.05 bits per heavy atom. The zero-order valence-corrected chi connectivity index (χ0v) is 11.5. The van der Waals surface area contributed by atoms with Crippen molar-refractivity contribution in [2.45, 2.75) is 44.2 Å². The lowest BCUT2D eigenvalue weighted by Crippen LogP contribution is -2.46. The molecule has 0 radical (unpaired) electrons. The maximum absolute atomic E-state index is 12.5. The molecule has 0 aromatic heterocycles. The number of hydrogen-bond donors (Lipinski definition) is 3. The molecule has 4 N–H and O–H groups in total. The molecule has 5 heteroatoms. The normalized spacial score (nSPS) is 42.6. The largest absolute Gasteiger partial charge is 0.481 e. The number of carboxylic acids is 1. The number of fused-ring (bicyclic) bond motifs is 2. The molecule has 20 heavy (non-hydrogen) atoms. The van der Waals surface area contributed by atoms with Crippen molar-refractivity contribution in [2.24, 2.45) is 29.4 Å². The van der Waals surface area contributed by atoms with Crippen molar-refractivity contribution in [3.63, 3.8) is 0 Å². The maximum atomic E-state index is 12.5. The number of rotatable bonds is 3. The van der Waals surface area contributed by atoms with Gasteiger partial charge in [-0.1, -0.05) is 12.2 Å². The van der Waals surface area contributed by atoms with Crippen LogP contribution in [-0.2, 0) is 9.59 Å². The summed E-state index contributed by atoms with van der Waals surface area (Å²) in [4.78, 5) is 23.9. The van der Waals surface area contributed by atoms with Crippen molar-refractivity contribution >= 4 is 11.9 Å². The van der Waals surface area contributed by atoms with E-state index in [9.17, 15) is 14.7 Å². The van der Waals surface area contributed by atoms with Gasteiger partial charge in [0, 0.05) is 12.1 Å². The van der Waals surface area contributed by atoms with E-state index in [1.165, 1.54) is 0 Å². The zero-order chi connectivity index (χ0) is 14.3. The van der Waals surface area contributed by atoms with Gasteiger partial charge in [-0.2, -0.15) is 0 Å². The van der Waals surface area contributed by atoms with Gasteiger partial charge in [0.15, 0.2) is 0 Å². The lowest BCUT2D eigenvalue weighted by Gasteiger charge is -2.30. The number of nitrogens with two attached hydrogens (primary N) is 1. The minimum atomic E-state index is -0.840. The van der Waals surface area contributed by atoms with Crippen LogP contribution in [-0.4, -0.2) is 29.1 Å². The molecule has 4 atom stereocenters. The van der Waals surface area contributed by atoms with Crippen LogP contribution in [0, 0.1) is 23.7 Å². The highest BCUT2D eigenvalue weighted by atomic mass is 16.4. The smallest absolute Gasteiger partial charge is 0.307 e. The van der Waals surface area contributed by atoms with E-state index in [-0.39, 0.29) is 29.8 Å². The molecule has 0 heterocycles. The Kier molecular flexibility index (Phi) is 3.54. The quantitative estimate of drug-likeness (QED) is 0.669. The van der Waals surface area contributed by atoms with Crippen molar-refractivity contribution in [1.29, 1.82) is 0 Å². The van der Waals surface area contributed by atoms with E-state index in [1.54, 1.807) is 0 Å². The van der Waals surface area contributed by atoms with Crippen molar-refractivity contribution in [3.8, 4) is 0 Å². The summed E-state index contributed by atoms with van der Waals surface area (Å²) in [5.74, 6) is -1.71. The second-order valence-electron chi connectivity index (χ2n) is 6.46. The number of nitrogens with one attached hydrogen (secondary N) is 1. The fraction of sp³-hybridized carbons (Fsp3) is 0.733. The average molecular weight is 278 g/mol. The van der Waals surface area contributed by atoms with E-state index in [2.05, 4.69) is 5.32 Å². The van der Waals surface area contributed by atoms with Crippen LogP contribution in [0.3, 0.4) is 0 Å². The third-order valence-corrected chi connectivity index (χ3v) is 5.17. The molecule has 0 spiro atoms. The number of allylic oxidation sites excluding steroid dienone is 2. The van der Waals surface area contributed by atoms with E-state index in [1.807, 2.05) is 12.2 Å². The number of carbonyl (C=O) groups excluding carboxylic acids is 1. The average Bonchev–Trinajstić information content (AvgIpc) is 3.01. The second-order valence-corrected chi connectivity index (χ2v) is 6.46. The lowest BCUT2D eigenvalue weighted by molar-refractivity contribution is -0.148. The second kappa shape index (κ2) is 5.20. The fourth-order valence-corrected chi connectivity index (χ4v) is 4.08. The molecule has 0 aromatic rings. The zero-order valence-electron chi connectivity index (χ0n) is 11.5. The van der Waals surface area contributed by atoms with Crippen LogP contribution in [0.2, 0.25) is 0 Å². The van der Waals surface area contributed by atoms with E-state index in [0.717, 1.165) is 32.1 Å². The van der Waals surface area contributed by atoms with Crippen molar-refractivity contribution in [3.05, 3.63) is 12.2 Å². The summed E-state index contributed by atoms with van der Waals surface area (Å²) in [5.41, 5.74) is 5.86. The van der Waals surface area contributed by atoms with Crippen molar-refractivity contribution in [2.75, 3.05) is 0 Å². The molecule has 2 bridgehead atoms. The number of amides is 1. The van der Waals surface area contributed by atoms with E-state index >= 15 is 0 Å². The van der Waals surface area contributed by atoms with E-state index in [4.69, 9.17) is 5.73 Å². The number of carboxylic acid groups (broad SMARTS) is 1. The first-order valence-electron chi connectivity index (χ1n) is 7.53. The van der Waals surface area contributed by atoms with Crippen LogP contribution in [0.15, 0.2) is 12.2 Å². The van der Waals surface area contributed by atoms with Crippen LogP contribution in [0.25, 0.3) is 0 Å². The van der Waals surface area contributed by atoms with Gasteiger partial charge in [-0.15, -0.1) is 0 Å². The predicted molar refractivity (Wildman–Crippen MR) is 73.7 cm³/mol. The summed E-state index contributed by atoms with van der Waals surface area (Å²) < 4.78 is 0. The van der Waals surface area contributed by atoms with Crippen molar-refractivity contribution < 1.29 is 14.7 Å². The Morgan fingerprint density at radius 2 is 1.65 bits per heavy atom. The molecule has 2 saturated carbocycles. The maximum Gasteiger partial charge on any atom is 0.307 e. The van der Waals surface area contributed by atoms with Gasteiger partial charge in [-0.3, -0.25) is 9.59 Å². The molecule has 1 amide bonds. The first-order valence-corrected chi connectivity index (χ1v) is 7.53. The van der Waals surface area contributed by atoms with Crippen LogP contribution >= 0.6 is 0 Å². The van der Waals surface area contributed by atoms with E-state index < -0.39 is 17.8 Å². The molecule has 110 valence electrons. The molecule has 3 aliphatic rings. The standard InChI is InChI=1S/C15H22N2O3/c16-10-3-5-11(6-4-10)17-14(18)12-8-1-2-9(7-8)13(12)15(19)20/h1-2,8-13H,3-7,16H2,(H,17,18)(H,19,20). The lowest BCUT2D eigenvalue weighted by atomic mass is 9.82. The van der Waals surface area contributed by atoms with Crippen molar-refractivity contribution in [1.82, 2.24) is 5.32 Å². The Balaban J connectivity index is 1.64. The first-order chi connectivity index (χ1) is 9.56. The predicted octanol–water partition coefficient (Wildman–Crippen LogP) is 0.895. The highest BCUT2D eigenvalue weighted by molar-refractivity contribution is 5.87. The summed E-state index contributed by atoms with van der Waals surface area (Å²) >= 11 is 0. The molecular formula is C15H22N2O3. The van der Waals surface area contributed by atoms with Gasteiger partial charge in [0.05, 0.1) is 11.8 Å². The van der Waals surface area contributed by atoms with E-state index in [0.29, 0.717) is 0 Å². The topological polar surface area (TPSA) is 92.4 Å². The Morgan fingerprint density at radius 3 is 2.25 bits per heavy atom. The minimum absolute atomic E-state index is 0.0352. The molecular weight excluding hydrogens is 256 g/mol. The van der Waals surface area contributed by atoms with Crippen LogP contribution in [0.5, 0.6) is 0 Å². The van der Waals surface area contributed by atoms with Gasteiger partial charge in [0.25, 0.3) is 0 Å². The summed E-state index contributed by atoms with van der Waals surface area (Å²) in [6.07, 6.45) is 8.47. The number of hydrogen-bond acceptors (Lipinski definition) is 3. The first kappa shape index (κ1) is 13.6. The van der Waals surface area contributed by atoms with Crippen LogP contribution in [0.1, 0.15) is 32.1 Å². The summed E-state index contributed by atoms with van der Waals surface area (Å²) in [6, 6.07) is 0.417. The highest BCUT2D eigenvalue weighted by Gasteiger charge is 2.51. The minimum Gasteiger partial charge on any atom is -0.481 e. The molecule has 4 unspecified atom stereocenters. The van der Waals surface area contributed by atoms with Gasteiger partial charge in [0.2, 0.25) is 5.91 Å². The SMILES string of the molecule is NC1CCC(NC(=O)C2C3C=CC(C3)C2C(=O)O)CC1. The summed E-state index contributed by atoms with van der Waals surface area (Å²) in [5, 5.41) is 12.4. The Bertz CT molecular complexity index is 440. The monoisotopic (exact) mass is 278 g/mol. The van der Waals surface area contributed by atoms with Gasteiger partial charge in [0.1, 0.15) is 0 Å². The number of carbonyl (C=O) groups is 2. The molecule has 0 aliphatic heterocycles. The van der Waals surface area contributed by atoms with Gasteiger partial charge in [-0.25, -0.2) is 0 Å². The van der Waals surface area contributed by atoms with Crippen LogP contribution in [0.4, 0.5) is 0 Å².